The SMILES string of the molecule is O=C(CC(c1ccccc1)c1ccccc1)NCC1CCN(Cc2cccs2)CC1. The van der Waals surface area contributed by atoms with Gasteiger partial charge in [0, 0.05) is 30.3 Å². The maximum atomic E-state index is 12.8. The third-order valence-electron chi connectivity index (χ3n) is 6.05. The number of amides is 1. The molecule has 0 spiro atoms. The molecule has 1 fully saturated rings. The van der Waals surface area contributed by atoms with Crippen LogP contribution in [0.4, 0.5) is 0 Å². The number of piperidine rings is 1. The second-order valence-electron chi connectivity index (χ2n) is 8.18. The molecule has 3 nitrogen and oxygen atoms in total. The van der Waals surface area contributed by atoms with Crippen LogP contribution < -0.4 is 5.32 Å². The Balaban J connectivity index is 1.27. The van der Waals surface area contributed by atoms with Gasteiger partial charge in [0.25, 0.3) is 0 Å². The van der Waals surface area contributed by atoms with Crippen LogP contribution in [0.1, 0.15) is 41.2 Å². The normalized spacial score (nSPS) is 15.4. The van der Waals surface area contributed by atoms with Crippen molar-refractivity contribution in [3.05, 3.63) is 94.2 Å². The molecule has 4 heteroatoms. The van der Waals surface area contributed by atoms with Gasteiger partial charge >= 0.3 is 0 Å². The van der Waals surface area contributed by atoms with Gasteiger partial charge in [-0.25, -0.2) is 0 Å². The van der Waals surface area contributed by atoms with Crippen LogP contribution in [-0.4, -0.2) is 30.4 Å². The number of carbonyl (C=O) groups is 1. The highest BCUT2D eigenvalue weighted by molar-refractivity contribution is 7.09. The summed E-state index contributed by atoms with van der Waals surface area (Å²) >= 11 is 1.83. The van der Waals surface area contributed by atoms with E-state index in [0.717, 1.165) is 39.0 Å². The highest BCUT2D eigenvalue weighted by Gasteiger charge is 2.22. The van der Waals surface area contributed by atoms with Crippen molar-refractivity contribution < 1.29 is 4.79 Å². The topological polar surface area (TPSA) is 32.3 Å². The second-order valence-corrected chi connectivity index (χ2v) is 9.21. The van der Waals surface area contributed by atoms with Gasteiger partial charge in [-0.2, -0.15) is 0 Å². The Hall–Kier alpha value is -2.43. The minimum Gasteiger partial charge on any atom is -0.356 e. The van der Waals surface area contributed by atoms with E-state index in [1.54, 1.807) is 0 Å². The summed E-state index contributed by atoms with van der Waals surface area (Å²) in [5.74, 6) is 0.828. The van der Waals surface area contributed by atoms with E-state index in [2.05, 4.69) is 52.0 Å². The molecule has 0 atom stereocenters. The van der Waals surface area contributed by atoms with Crippen molar-refractivity contribution in [2.24, 2.45) is 5.92 Å². The number of thiophene rings is 1. The summed E-state index contributed by atoms with van der Waals surface area (Å²) in [6, 6.07) is 25.1. The molecule has 3 aromatic rings. The molecule has 1 saturated heterocycles. The Bertz CT molecular complexity index is 848. The molecule has 2 aromatic carbocycles. The summed E-state index contributed by atoms with van der Waals surface area (Å²) in [5, 5.41) is 5.38. The Morgan fingerprint density at radius 1 is 0.933 bits per heavy atom. The van der Waals surface area contributed by atoms with Crippen LogP contribution >= 0.6 is 11.3 Å². The molecule has 1 aliphatic rings. The van der Waals surface area contributed by atoms with Crippen LogP contribution in [0, 0.1) is 5.92 Å². The molecule has 0 unspecified atom stereocenters. The molecule has 1 N–H and O–H groups in total. The zero-order valence-corrected chi connectivity index (χ0v) is 18.2. The zero-order chi connectivity index (χ0) is 20.6. The van der Waals surface area contributed by atoms with Crippen molar-refractivity contribution >= 4 is 17.2 Å². The molecule has 2 heterocycles. The minimum atomic E-state index is 0.0973. The van der Waals surface area contributed by atoms with E-state index in [-0.39, 0.29) is 11.8 Å². The first-order valence-electron chi connectivity index (χ1n) is 10.9. The van der Waals surface area contributed by atoms with E-state index >= 15 is 0 Å². The molecule has 0 radical (unpaired) electrons. The largest absolute Gasteiger partial charge is 0.356 e. The van der Waals surface area contributed by atoms with Crippen LogP contribution in [0.15, 0.2) is 78.2 Å². The molecular formula is C26H30N2OS. The van der Waals surface area contributed by atoms with Crippen LogP contribution in [-0.2, 0) is 11.3 Å². The molecule has 0 aliphatic carbocycles. The van der Waals surface area contributed by atoms with Gasteiger partial charge in [-0.05, 0) is 54.4 Å². The van der Waals surface area contributed by atoms with E-state index in [1.807, 2.05) is 47.7 Å². The number of benzene rings is 2. The van der Waals surface area contributed by atoms with Gasteiger partial charge in [-0.3, -0.25) is 9.69 Å². The summed E-state index contributed by atoms with van der Waals surface area (Å²) in [4.78, 5) is 16.8. The lowest BCUT2D eigenvalue weighted by atomic mass is 9.88. The quantitative estimate of drug-likeness (QED) is 0.538. The molecule has 0 saturated carbocycles. The van der Waals surface area contributed by atoms with Crippen molar-refractivity contribution in [1.82, 2.24) is 10.2 Å². The average Bonchev–Trinajstić information content (AvgIpc) is 3.31. The van der Waals surface area contributed by atoms with Crippen molar-refractivity contribution in [1.29, 1.82) is 0 Å². The number of nitrogens with zero attached hydrogens (tertiary/aromatic N) is 1. The standard InChI is InChI=1S/C26H30N2OS/c29-26(18-25(22-8-3-1-4-9-22)23-10-5-2-6-11-23)27-19-21-13-15-28(16-14-21)20-24-12-7-17-30-24/h1-12,17,21,25H,13-16,18-20H2,(H,27,29). The van der Waals surface area contributed by atoms with E-state index in [1.165, 1.54) is 16.0 Å². The molecule has 1 aliphatic heterocycles. The highest BCUT2D eigenvalue weighted by Crippen LogP contribution is 2.28. The van der Waals surface area contributed by atoms with Gasteiger partial charge in [0.15, 0.2) is 0 Å². The van der Waals surface area contributed by atoms with Gasteiger partial charge in [0.1, 0.15) is 0 Å². The van der Waals surface area contributed by atoms with Crippen molar-refractivity contribution in [3.8, 4) is 0 Å². The molecule has 1 amide bonds. The lowest BCUT2D eigenvalue weighted by molar-refractivity contribution is -0.121. The first kappa shape index (κ1) is 20.8. The number of likely N-dealkylation sites (tertiary alicyclic amines) is 1. The minimum absolute atomic E-state index is 0.0973. The smallest absolute Gasteiger partial charge is 0.220 e. The van der Waals surface area contributed by atoms with Gasteiger partial charge in [-0.15, -0.1) is 11.3 Å². The highest BCUT2D eigenvalue weighted by atomic mass is 32.1. The van der Waals surface area contributed by atoms with Crippen LogP contribution in [0.3, 0.4) is 0 Å². The van der Waals surface area contributed by atoms with Gasteiger partial charge in [0.05, 0.1) is 0 Å². The first-order valence-corrected chi connectivity index (χ1v) is 11.8. The Labute approximate surface area is 183 Å². The summed E-state index contributed by atoms with van der Waals surface area (Å²) < 4.78 is 0. The summed E-state index contributed by atoms with van der Waals surface area (Å²) in [6.45, 7) is 4.10. The second kappa shape index (κ2) is 10.6. The maximum Gasteiger partial charge on any atom is 0.220 e. The van der Waals surface area contributed by atoms with Crippen molar-refractivity contribution in [2.45, 2.75) is 31.7 Å². The fourth-order valence-electron chi connectivity index (χ4n) is 4.29. The number of hydrogen-bond acceptors (Lipinski definition) is 3. The van der Waals surface area contributed by atoms with Crippen molar-refractivity contribution in [2.75, 3.05) is 19.6 Å². The number of carbonyl (C=O) groups excluding carboxylic acids is 1. The lowest BCUT2D eigenvalue weighted by Crippen LogP contribution is -2.38. The molecule has 4 rings (SSSR count). The van der Waals surface area contributed by atoms with Gasteiger partial charge in [0.2, 0.25) is 5.91 Å². The molecule has 156 valence electrons. The number of nitrogens with one attached hydrogen (secondary N) is 1. The predicted octanol–water partition coefficient (Wildman–Crippen LogP) is 5.30. The van der Waals surface area contributed by atoms with Gasteiger partial charge in [-0.1, -0.05) is 66.7 Å². The van der Waals surface area contributed by atoms with E-state index in [0.29, 0.717) is 12.3 Å². The van der Waals surface area contributed by atoms with Crippen LogP contribution in [0.2, 0.25) is 0 Å². The fourth-order valence-corrected chi connectivity index (χ4v) is 5.03. The molecular weight excluding hydrogens is 388 g/mol. The third kappa shape index (κ3) is 5.80. The summed E-state index contributed by atoms with van der Waals surface area (Å²) in [5.41, 5.74) is 2.39. The summed E-state index contributed by atoms with van der Waals surface area (Å²) in [6.07, 6.45) is 2.81. The van der Waals surface area contributed by atoms with E-state index in [4.69, 9.17) is 0 Å². The molecule has 1 aromatic heterocycles. The maximum absolute atomic E-state index is 12.8. The number of rotatable bonds is 8. The monoisotopic (exact) mass is 418 g/mol. The molecule has 30 heavy (non-hydrogen) atoms. The van der Waals surface area contributed by atoms with Gasteiger partial charge < -0.3 is 5.32 Å². The Kier molecular flexibility index (Phi) is 7.33. The average molecular weight is 419 g/mol. The molecule has 0 bridgehead atoms. The third-order valence-corrected chi connectivity index (χ3v) is 6.91. The summed E-state index contributed by atoms with van der Waals surface area (Å²) in [7, 11) is 0. The van der Waals surface area contributed by atoms with Crippen LogP contribution in [0.5, 0.6) is 0 Å². The number of hydrogen-bond donors (Lipinski definition) is 1. The predicted molar refractivity (Wildman–Crippen MR) is 125 cm³/mol. The lowest BCUT2D eigenvalue weighted by Gasteiger charge is -2.31. The Morgan fingerprint density at radius 3 is 2.13 bits per heavy atom. The zero-order valence-electron chi connectivity index (χ0n) is 17.4. The first-order chi connectivity index (χ1) is 14.8. The van der Waals surface area contributed by atoms with Crippen molar-refractivity contribution in [3.63, 3.8) is 0 Å². The van der Waals surface area contributed by atoms with E-state index in [9.17, 15) is 4.79 Å². The van der Waals surface area contributed by atoms with Crippen LogP contribution in [0.25, 0.3) is 0 Å². The fraction of sp³-hybridized carbons (Fsp3) is 0.346. The Morgan fingerprint density at radius 2 is 1.57 bits per heavy atom. The van der Waals surface area contributed by atoms with E-state index < -0.39 is 0 Å².